The normalized spacial score (nSPS) is 33.4. The van der Waals surface area contributed by atoms with E-state index < -0.39 is 0 Å². The summed E-state index contributed by atoms with van der Waals surface area (Å²) in [5, 5.41) is 3.04. The van der Waals surface area contributed by atoms with E-state index in [0.29, 0.717) is 11.9 Å². The second kappa shape index (κ2) is 4.12. The van der Waals surface area contributed by atoms with E-state index in [9.17, 15) is 4.79 Å². The first kappa shape index (κ1) is 10.9. The van der Waals surface area contributed by atoms with E-state index in [1.165, 1.54) is 6.42 Å². The molecule has 2 saturated heterocycles. The number of nitrogens with zero attached hydrogens (tertiary/aromatic N) is 1. The molecular weight excluding hydrogens is 188 g/mol. The summed E-state index contributed by atoms with van der Waals surface area (Å²) < 4.78 is 0. The highest BCUT2D eigenvalue weighted by molar-refractivity contribution is 5.83. The third-order valence-corrected chi connectivity index (χ3v) is 3.94. The van der Waals surface area contributed by atoms with Gasteiger partial charge in [-0.3, -0.25) is 9.69 Å². The van der Waals surface area contributed by atoms with E-state index >= 15 is 0 Å². The first-order chi connectivity index (χ1) is 7.14. The predicted octanol–water partition coefficient (Wildman–Crippen LogP) is 1.39. The Hall–Kier alpha value is -0.570. The number of hydrogen-bond donors (Lipinski definition) is 1. The van der Waals surface area contributed by atoms with Gasteiger partial charge in [0.2, 0.25) is 5.91 Å². The molecule has 1 atom stereocenters. The van der Waals surface area contributed by atoms with Gasteiger partial charge in [0.15, 0.2) is 0 Å². The van der Waals surface area contributed by atoms with Crippen LogP contribution in [0.5, 0.6) is 0 Å². The summed E-state index contributed by atoms with van der Waals surface area (Å²) in [6, 6.07) is 0.567. The van der Waals surface area contributed by atoms with Crippen molar-refractivity contribution in [1.82, 2.24) is 10.2 Å². The molecule has 2 fully saturated rings. The molecule has 1 amide bonds. The summed E-state index contributed by atoms with van der Waals surface area (Å²) in [6.07, 6.45) is 4.49. The van der Waals surface area contributed by atoms with Crippen LogP contribution in [0, 0.1) is 5.41 Å². The van der Waals surface area contributed by atoms with Crippen molar-refractivity contribution >= 4 is 5.91 Å². The molecule has 0 aromatic carbocycles. The number of hydrogen-bond acceptors (Lipinski definition) is 2. The summed E-state index contributed by atoms with van der Waals surface area (Å²) in [6.45, 7) is 7.45. The Kier molecular flexibility index (Phi) is 3.01. The van der Waals surface area contributed by atoms with Gasteiger partial charge in [-0.1, -0.05) is 0 Å². The van der Waals surface area contributed by atoms with Gasteiger partial charge < -0.3 is 5.32 Å². The zero-order valence-electron chi connectivity index (χ0n) is 9.88. The lowest BCUT2D eigenvalue weighted by Gasteiger charge is -2.45. The molecule has 2 aliphatic rings. The Balaban J connectivity index is 2.09. The number of likely N-dealkylation sites (tertiary alicyclic amines) is 1. The van der Waals surface area contributed by atoms with Crippen LogP contribution in [0.1, 0.15) is 39.5 Å². The number of rotatable bonds is 1. The zero-order chi connectivity index (χ0) is 10.9. The molecule has 2 heterocycles. The van der Waals surface area contributed by atoms with E-state index in [2.05, 4.69) is 24.1 Å². The molecule has 0 bridgehead atoms. The van der Waals surface area contributed by atoms with Crippen LogP contribution in [0.4, 0.5) is 0 Å². The first-order valence-electron chi connectivity index (χ1n) is 6.16. The molecule has 3 nitrogen and oxygen atoms in total. The Morgan fingerprint density at radius 3 is 2.73 bits per heavy atom. The average Bonchev–Trinajstić information content (AvgIpc) is 2.23. The van der Waals surface area contributed by atoms with Crippen LogP contribution >= 0.6 is 0 Å². The van der Waals surface area contributed by atoms with Crippen molar-refractivity contribution in [2.24, 2.45) is 5.41 Å². The lowest BCUT2D eigenvalue weighted by molar-refractivity contribution is -0.137. The minimum absolute atomic E-state index is 0.0548. The molecule has 1 unspecified atom stereocenters. The highest BCUT2D eigenvalue weighted by atomic mass is 16.2. The lowest BCUT2D eigenvalue weighted by atomic mass is 9.73. The van der Waals surface area contributed by atoms with Gasteiger partial charge in [-0.05, 0) is 46.1 Å². The van der Waals surface area contributed by atoms with Gasteiger partial charge in [0.1, 0.15) is 0 Å². The van der Waals surface area contributed by atoms with Crippen molar-refractivity contribution in [3.63, 3.8) is 0 Å². The van der Waals surface area contributed by atoms with Gasteiger partial charge in [-0.25, -0.2) is 0 Å². The zero-order valence-corrected chi connectivity index (χ0v) is 9.88. The van der Waals surface area contributed by atoms with Gasteiger partial charge >= 0.3 is 0 Å². The molecule has 0 saturated carbocycles. The minimum Gasteiger partial charge on any atom is -0.356 e. The number of piperidine rings is 2. The molecule has 0 radical (unpaired) electrons. The van der Waals surface area contributed by atoms with E-state index in [1.54, 1.807) is 0 Å². The van der Waals surface area contributed by atoms with Gasteiger partial charge in [0, 0.05) is 19.1 Å². The standard InChI is InChI=1S/C12H22N2O/c1-10(2)14-8-4-6-12(9-14)5-3-7-13-11(12)15/h10H,3-9H2,1-2H3,(H,13,15). The second-order valence-electron chi connectivity index (χ2n) is 5.31. The van der Waals surface area contributed by atoms with Crippen molar-refractivity contribution < 1.29 is 4.79 Å². The number of carbonyl (C=O) groups is 1. The molecule has 0 aromatic rings. The quantitative estimate of drug-likeness (QED) is 0.709. The van der Waals surface area contributed by atoms with Gasteiger partial charge in [0.05, 0.1) is 5.41 Å². The van der Waals surface area contributed by atoms with Crippen molar-refractivity contribution in [2.75, 3.05) is 19.6 Å². The fourth-order valence-electron chi connectivity index (χ4n) is 2.93. The van der Waals surface area contributed by atoms with Gasteiger partial charge in [0.25, 0.3) is 0 Å². The third kappa shape index (κ3) is 2.03. The largest absolute Gasteiger partial charge is 0.356 e. The Morgan fingerprint density at radius 1 is 1.33 bits per heavy atom. The van der Waals surface area contributed by atoms with Crippen LogP contribution in [0.15, 0.2) is 0 Å². The van der Waals surface area contributed by atoms with Crippen molar-refractivity contribution in [2.45, 2.75) is 45.6 Å². The molecule has 2 aliphatic heterocycles. The van der Waals surface area contributed by atoms with Crippen LogP contribution in [-0.2, 0) is 4.79 Å². The molecule has 1 spiro atoms. The lowest BCUT2D eigenvalue weighted by Crippen LogP contribution is -2.55. The van der Waals surface area contributed by atoms with Crippen LogP contribution < -0.4 is 5.32 Å². The molecule has 2 rings (SSSR count). The minimum atomic E-state index is -0.0548. The number of amides is 1. The maximum atomic E-state index is 12.0. The molecule has 3 heteroatoms. The Morgan fingerprint density at radius 2 is 2.07 bits per heavy atom. The number of carbonyl (C=O) groups excluding carboxylic acids is 1. The maximum absolute atomic E-state index is 12.0. The van der Waals surface area contributed by atoms with E-state index in [4.69, 9.17) is 0 Å². The highest BCUT2D eigenvalue weighted by Crippen LogP contribution is 2.37. The topological polar surface area (TPSA) is 32.3 Å². The van der Waals surface area contributed by atoms with Crippen molar-refractivity contribution in [3.05, 3.63) is 0 Å². The number of nitrogens with one attached hydrogen (secondary N) is 1. The van der Waals surface area contributed by atoms with Crippen LogP contribution in [0.25, 0.3) is 0 Å². The molecule has 86 valence electrons. The van der Waals surface area contributed by atoms with E-state index in [1.807, 2.05) is 0 Å². The smallest absolute Gasteiger partial charge is 0.227 e. The SMILES string of the molecule is CC(C)N1CCCC2(CCCNC2=O)C1. The summed E-state index contributed by atoms with van der Waals surface area (Å²) in [4.78, 5) is 14.5. The van der Waals surface area contributed by atoms with Gasteiger partial charge in [-0.2, -0.15) is 0 Å². The molecule has 15 heavy (non-hydrogen) atoms. The third-order valence-electron chi connectivity index (χ3n) is 3.94. The van der Waals surface area contributed by atoms with Crippen molar-refractivity contribution in [3.8, 4) is 0 Å². The highest BCUT2D eigenvalue weighted by Gasteiger charge is 2.43. The summed E-state index contributed by atoms with van der Waals surface area (Å²) in [5.74, 6) is 0.305. The Bertz CT molecular complexity index is 248. The summed E-state index contributed by atoms with van der Waals surface area (Å²) in [7, 11) is 0. The van der Waals surface area contributed by atoms with Crippen LogP contribution in [0.2, 0.25) is 0 Å². The fourth-order valence-corrected chi connectivity index (χ4v) is 2.93. The second-order valence-corrected chi connectivity index (χ2v) is 5.31. The summed E-state index contributed by atoms with van der Waals surface area (Å²) in [5.41, 5.74) is -0.0548. The van der Waals surface area contributed by atoms with E-state index in [-0.39, 0.29) is 5.41 Å². The van der Waals surface area contributed by atoms with Crippen LogP contribution in [0.3, 0.4) is 0 Å². The maximum Gasteiger partial charge on any atom is 0.227 e. The average molecular weight is 210 g/mol. The Labute approximate surface area is 92.2 Å². The van der Waals surface area contributed by atoms with Crippen molar-refractivity contribution in [1.29, 1.82) is 0 Å². The molecular formula is C12H22N2O. The fraction of sp³-hybridized carbons (Fsp3) is 0.917. The monoisotopic (exact) mass is 210 g/mol. The predicted molar refractivity (Wildman–Crippen MR) is 60.6 cm³/mol. The molecule has 0 aliphatic carbocycles. The van der Waals surface area contributed by atoms with E-state index in [0.717, 1.165) is 38.9 Å². The first-order valence-corrected chi connectivity index (χ1v) is 6.16. The molecule has 1 N–H and O–H groups in total. The summed E-state index contributed by atoms with van der Waals surface area (Å²) >= 11 is 0. The van der Waals surface area contributed by atoms with Crippen LogP contribution in [-0.4, -0.2) is 36.5 Å². The molecule has 0 aromatic heterocycles. The van der Waals surface area contributed by atoms with Gasteiger partial charge in [-0.15, -0.1) is 0 Å².